The van der Waals surface area contributed by atoms with Crippen molar-refractivity contribution in [3.8, 4) is 11.8 Å². The molecule has 0 aliphatic carbocycles. The molecule has 1 aliphatic rings. The number of amides is 1. The number of fused-ring (bicyclic) bond motifs is 1. The number of benzene rings is 1. The summed E-state index contributed by atoms with van der Waals surface area (Å²) in [6, 6.07) is 8.71. The van der Waals surface area contributed by atoms with Gasteiger partial charge in [-0.2, -0.15) is 5.26 Å². The molecule has 2 rings (SSSR count). The van der Waals surface area contributed by atoms with Gasteiger partial charge in [0.15, 0.2) is 0 Å². The highest BCUT2D eigenvalue weighted by molar-refractivity contribution is 5.84. The number of para-hydroxylation sites is 1. The van der Waals surface area contributed by atoms with E-state index >= 15 is 0 Å². The van der Waals surface area contributed by atoms with Crippen molar-refractivity contribution in [3.05, 3.63) is 29.8 Å². The lowest BCUT2D eigenvalue weighted by atomic mass is 9.82. The van der Waals surface area contributed by atoms with Gasteiger partial charge in [0, 0.05) is 11.5 Å². The molecule has 5 heteroatoms. The van der Waals surface area contributed by atoms with Gasteiger partial charge >= 0.3 is 5.97 Å². The van der Waals surface area contributed by atoms with Gasteiger partial charge in [-0.15, -0.1) is 0 Å². The molecule has 0 bridgehead atoms. The Morgan fingerprint density at radius 1 is 1.53 bits per heavy atom. The van der Waals surface area contributed by atoms with Crippen LogP contribution in [0, 0.1) is 17.2 Å². The lowest BCUT2D eigenvalue weighted by Crippen LogP contribution is -2.32. The average Bonchev–Trinajstić information content (AvgIpc) is 2.29. The Morgan fingerprint density at radius 3 is 2.88 bits per heavy atom. The Balaban J connectivity index is 2.46. The second-order valence-corrected chi connectivity index (χ2v) is 3.83. The standard InChI is InChI=1S/C12H10N2O3/c13-6-9(12(14)16)8-5-11(15)17-10-4-2-1-3-7(8)10/h1-4,8-9H,5H2,(H2,14,16)/t8-,9+/m0/s1. The maximum absolute atomic E-state index is 11.4. The van der Waals surface area contributed by atoms with Crippen LogP contribution in [0.2, 0.25) is 0 Å². The van der Waals surface area contributed by atoms with Crippen molar-refractivity contribution < 1.29 is 14.3 Å². The van der Waals surface area contributed by atoms with E-state index in [4.69, 9.17) is 15.7 Å². The first-order chi connectivity index (χ1) is 8.13. The molecule has 1 heterocycles. The molecule has 0 saturated heterocycles. The number of nitriles is 1. The molecule has 0 saturated carbocycles. The maximum Gasteiger partial charge on any atom is 0.311 e. The van der Waals surface area contributed by atoms with Crippen molar-refractivity contribution in [3.63, 3.8) is 0 Å². The summed E-state index contributed by atoms with van der Waals surface area (Å²) in [5.41, 5.74) is 5.85. The topological polar surface area (TPSA) is 93.2 Å². The summed E-state index contributed by atoms with van der Waals surface area (Å²) in [4.78, 5) is 22.6. The lowest BCUT2D eigenvalue weighted by Gasteiger charge is -2.25. The third-order valence-corrected chi connectivity index (χ3v) is 2.78. The van der Waals surface area contributed by atoms with Crippen LogP contribution >= 0.6 is 0 Å². The number of ether oxygens (including phenoxy) is 1. The molecular formula is C12H10N2O3. The summed E-state index contributed by atoms with van der Waals surface area (Å²) in [5.74, 6) is -2.30. The zero-order chi connectivity index (χ0) is 12.4. The molecule has 1 aromatic rings. The molecule has 0 unspecified atom stereocenters. The Kier molecular flexibility index (Phi) is 2.79. The van der Waals surface area contributed by atoms with Gasteiger partial charge in [-0.25, -0.2) is 0 Å². The monoisotopic (exact) mass is 230 g/mol. The van der Waals surface area contributed by atoms with Crippen molar-refractivity contribution >= 4 is 11.9 Å². The predicted octanol–water partition coefficient (Wildman–Crippen LogP) is 0.704. The first-order valence-corrected chi connectivity index (χ1v) is 5.12. The van der Waals surface area contributed by atoms with Gasteiger partial charge < -0.3 is 10.5 Å². The van der Waals surface area contributed by atoms with E-state index < -0.39 is 23.7 Å². The molecule has 1 aromatic carbocycles. The molecule has 2 N–H and O–H groups in total. The fraction of sp³-hybridized carbons (Fsp3) is 0.250. The van der Waals surface area contributed by atoms with Gasteiger partial charge in [-0.1, -0.05) is 18.2 Å². The SMILES string of the molecule is N#C[C@@H](C(N)=O)[C@H]1CC(=O)Oc2ccccc21. The van der Waals surface area contributed by atoms with Gasteiger partial charge in [0.05, 0.1) is 12.5 Å². The molecule has 86 valence electrons. The van der Waals surface area contributed by atoms with E-state index in [0.717, 1.165) is 0 Å². The quantitative estimate of drug-likeness (QED) is 0.597. The first kappa shape index (κ1) is 11.1. The van der Waals surface area contributed by atoms with E-state index in [-0.39, 0.29) is 6.42 Å². The Morgan fingerprint density at radius 2 is 2.24 bits per heavy atom. The third kappa shape index (κ3) is 1.97. The minimum atomic E-state index is -1.01. The molecule has 1 aliphatic heterocycles. The van der Waals surface area contributed by atoms with Gasteiger partial charge in [0.25, 0.3) is 0 Å². The molecule has 2 atom stereocenters. The van der Waals surface area contributed by atoms with Crippen molar-refractivity contribution in [1.29, 1.82) is 5.26 Å². The molecular weight excluding hydrogens is 220 g/mol. The molecule has 1 amide bonds. The van der Waals surface area contributed by atoms with Gasteiger partial charge in [-0.3, -0.25) is 9.59 Å². The largest absolute Gasteiger partial charge is 0.426 e. The van der Waals surface area contributed by atoms with Crippen LogP contribution in [-0.4, -0.2) is 11.9 Å². The Labute approximate surface area is 97.8 Å². The van der Waals surface area contributed by atoms with E-state index in [9.17, 15) is 9.59 Å². The Bertz CT molecular complexity index is 519. The minimum Gasteiger partial charge on any atom is -0.426 e. The summed E-state index contributed by atoms with van der Waals surface area (Å²) in [5, 5.41) is 8.96. The predicted molar refractivity (Wildman–Crippen MR) is 57.7 cm³/mol. The van der Waals surface area contributed by atoms with Crippen LogP contribution in [0.5, 0.6) is 5.75 Å². The number of primary amides is 1. The van der Waals surface area contributed by atoms with Crippen molar-refractivity contribution in [1.82, 2.24) is 0 Å². The van der Waals surface area contributed by atoms with E-state index in [1.165, 1.54) is 0 Å². The zero-order valence-electron chi connectivity index (χ0n) is 8.92. The highest BCUT2D eigenvalue weighted by atomic mass is 16.5. The fourth-order valence-electron chi connectivity index (χ4n) is 1.98. The molecule has 0 radical (unpaired) electrons. The smallest absolute Gasteiger partial charge is 0.311 e. The van der Waals surface area contributed by atoms with Gasteiger partial charge in [0.2, 0.25) is 5.91 Å². The van der Waals surface area contributed by atoms with Crippen LogP contribution in [0.15, 0.2) is 24.3 Å². The van der Waals surface area contributed by atoms with Crippen molar-refractivity contribution in [2.75, 3.05) is 0 Å². The van der Waals surface area contributed by atoms with Crippen LogP contribution in [-0.2, 0) is 9.59 Å². The molecule has 0 aromatic heterocycles. The number of esters is 1. The number of nitrogens with zero attached hydrogens (tertiary/aromatic N) is 1. The summed E-state index contributed by atoms with van der Waals surface area (Å²) >= 11 is 0. The minimum absolute atomic E-state index is 0.00181. The number of hydrogen-bond donors (Lipinski definition) is 1. The van der Waals surface area contributed by atoms with Crippen LogP contribution in [0.1, 0.15) is 17.9 Å². The number of carbonyl (C=O) groups excluding carboxylic acids is 2. The van der Waals surface area contributed by atoms with Crippen LogP contribution in [0.4, 0.5) is 0 Å². The molecule has 5 nitrogen and oxygen atoms in total. The highest BCUT2D eigenvalue weighted by Gasteiger charge is 2.35. The normalized spacial score (nSPS) is 19.7. The average molecular weight is 230 g/mol. The van der Waals surface area contributed by atoms with Crippen LogP contribution in [0.3, 0.4) is 0 Å². The Hall–Kier alpha value is -2.35. The van der Waals surface area contributed by atoms with Gasteiger partial charge in [0.1, 0.15) is 11.7 Å². The summed E-state index contributed by atoms with van der Waals surface area (Å²) in [6.07, 6.45) is -0.00181. The number of nitrogens with two attached hydrogens (primary N) is 1. The molecule has 0 fully saturated rings. The summed E-state index contributed by atoms with van der Waals surface area (Å²) < 4.78 is 5.04. The first-order valence-electron chi connectivity index (χ1n) is 5.12. The fourth-order valence-corrected chi connectivity index (χ4v) is 1.98. The van der Waals surface area contributed by atoms with Crippen molar-refractivity contribution in [2.24, 2.45) is 11.7 Å². The second kappa shape index (κ2) is 4.26. The van der Waals surface area contributed by atoms with E-state index in [1.807, 2.05) is 6.07 Å². The van der Waals surface area contributed by atoms with E-state index in [2.05, 4.69) is 0 Å². The maximum atomic E-state index is 11.4. The number of carbonyl (C=O) groups is 2. The summed E-state index contributed by atoms with van der Waals surface area (Å²) in [7, 11) is 0. The highest BCUT2D eigenvalue weighted by Crippen LogP contribution is 2.38. The molecule has 17 heavy (non-hydrogen) atoms. The summed E-state index contributed by atoms with van der Waals surface area (Å²) in [6.45, 7) is 0. The van der Waals surface area contributed by atoms with Gasteiger partial charge in [-0.05, 0) is 6.07 Å². The lowest BCUT2D eigenvalue weighted by molar-refractivity contribution is -0.136. The zero-order valence-corrected chi connectivity index (χ0v) is 8.92. The third-order valence-electron chi connectivity index (χ3n) is 2.78. The van der Waals surface area contributed by atoms with E-state index in [0.29, 0.717) is 11.3 Å². The second-order valence-electron chi connectivity index (χ2n) is 3.83. The van der Waals surface area contributed by atoms with E-state index in [1.54, 1.807) is 24.3 Å². The number of rotatable bonds is 2. The van der Waals surface area contributed by atoms with Crippen molar-refractivity contribution in [2.45, 2.75) is 12.3 Å². The van der Waals surface area contributed by atoms with Crippen LogP contribution in [0.25, 0.3) is 0 Å². The number of hydrogen-bond acceptors (Lipinski definition) is 4. The molecule has 0 spiro atoms. The van der Waals surface area contributed by atoms with Crippen LogP contribution < -0.4 is 10.5 Å².